The number of carbonyl (C=O) groups excluding carboxylic acids is 1. The molecule has 1 aromatic carbocycles. The molecule has 0 aliphatic heterocycles. The maximum absolute atomic E-state index is 12.0. The average Bonchev–Trinajstić information content (AvgIpc) is 2.84. The highest BCUT2D eigenvalue weighted by atomic mass is 127. The Morgan fingerprint density at radius 2 is 2.26 bits per heavy atom. The lowest BCUT2D eigenvalue weighted by molar-refractivity contribution is -0.384. The number of benzene rings is 1. The Hall–Kier alpha value is -2.17. The fraction of sp³-hybridized carbons (Fsp3) is 0.286. The van der Waals surface area contributed by atoms with Crippen molar-refractivity contribution in [1.82, 2.24) is 9.78 Å². The molecule has 8 nitrogen and oxygen atoms in total. The lowest BCUT2D eigenvalue weighted by Gasteiger charge is -2.07. The van der Waals surface area contributed by atoms with Crippen LogP contribution in [-0.2, 0) is 11.3 Å². The molecular weight excluding hydrogens is 415 g/mol. The molecule has 1 N–H and O–H groups in total. The number of methoxy groups -OCH3 is 1. The molecule has 2 aromatic rings. The molecule has 1 amide bonds. The predicted molar refractivity (Wildman–Crippen MR) is 92.6 cm³/mol. The highest BCUT2D eigenvalue weighted by Crippen LogP contribution is 2.29. The topological polar surface area (TPSA) is 99.3 Å². The summed E-state index contributed by atoms with van der Waals surface area (Å²) in [7, 11) is 1.42. The first-order valence-corrected chi connectivity index (χ1v) is 7.80. The smallest absolute Gasteiger partial charge is 0.296 e. The predicted octanol–water partition coefficient (Wildman–Crippen LogP) is 2.74. The zero-order valence-electron chi connectivity index (χ0n) is 12.6. The Balaban J connectivity index is 2.03. The summed E-state index contributed by atoms with van der Waals surface area (Å²) in [6.45, 7) is 2.29. The number of nitro groups is 1. The van der Waals surface area contributed by atoms with Crippen LogP contribution >= 0.6 is 22.6 Å². The summed E-state index contributed by atoms with van der Waals surface area (Å²) in [6.07, 6.45) is 2.01. The normalized spacial score (nSPS) is 10.4. The zero-order chi connectivity index (χ0) is 17.0. The largest absolute Gasteiger partial charge is 0.496 e. The second kappa shape index (κ2) is 7.40. The Morgan fingerprint density at radius 1 is 1.52 bits per heavy atom. The number of nitro benzene ring substituents is 1. The molecule has 1 aromatic heterocycles. The quantitative estimate of drug-likeness (QED) is 0.432. The van der Waals surface area contributed by atoms with E-state index in [1.807, 2.05) is 13.1 Å². The summed E-state index contributed by atoms with van der Waals surface area (Å²) in [6, 6.07) is 4.28. The van der Waals surface area contributed by atoms with Gasteiger partial charge in [-0.1, -0.05) is 0 Å². The van der Waals surface area contributed by atoms with Crippen molar-refractivity contribution in [3.8, 4) is 5.75 Å². The van der Waals surface area contributed by atoms with E-state index in [0.717, 1.165) is 9.26 Å². The van der Waals surface area contributed by atoms with Gasteiger partial charge >= 0.3 is 0 Å². The van der Waals surface area contributed by atoms with E-state index in [1.54, 1.807) is 10.7 Å². The van der Waals surface area contributed by atoms with Gasteiger partial charge in [-0.15, -0.1) is 0 Å². The summed E-state index contributed by atoms with van der Waals surface area (Å²) < 4.78 is 7.66. The van der Waals surface area contributed by atoms with Crippen molar-refractivity contribution < 1.29 is 14.5 Å². The highest BCUT2D eigenvalue weighted by molar-refractivity contribution is 14.1. The van der Waals surface area contributed by atoms with Crippen molar-refractivity contribution in [3.05, 3.63) is 43.8 Å². The first-order chi connectivity index (χ1) is 10.9. The van der Waals surface area contributed by atoms with Gasteiger partial charge in [0.05, 0.1) is 27.4 Å². The Morgan fingerprint density at radius 3 is 2.83 bits per heavy atom. The molecule has 9 heteroatoms. The number of hydrogen-bond acceptors (Lipinski definition) is 5. The third-order valence-corrected chi connectivity index (χ3v) is 4.19. The molecule has 0 spiro atoms. The number of carbonyl (C=O) groups is 1. The van der Waals surface area contributed by atoms with Gasteiger partial charge in [-0.3, -0.25) is 19.6 Å². The first kappa shape index (κ1) is 17.2. The molecule has 0 saturated heterocycles. The highest BCUT2D eigenvalue weighted by Gasteiger charge is 2.17. The van der Waals surface area contributed by atoms with Gasteiger partial charge in [0.15, 0.2) is 0 Å². The van der Waals surface area contributed by atoms with Crippen LogP contribution in [0.1, 0.15) is 12.1 Å². The SMILES string of the molecule is COc1ccc(NC(=O)CCn2cc(I)c(C)n2)c([N+](=O)[O-])c1. The molecule has 0 atom stereocenters. The van der Waals surface area contributed by atoms with Gasteiger partial charge in [0.25, 0.3) is 5.69 Å². The van der Waals surface area contributed by atoms with Gasteiger partial charge in [0.1, 0.15) is 11.4 Å². The number of ether oxygens (including phenoxy) is 1. The summed E-state index contributed by atoms with van der Waals surface area (Å²) in [4.78, 5) is 22.5. The number of halogens is 1. The maximum Gasteiger partial charge on any atom is 0.296 e. The molecule has 0 aliphatic carbocycles. The maximum atomic E-state index is 12.0. The van der Waals surface area contributed by atoms with Crippen LogP contribution in [0.5, 0.6) is 5.75 Å². The third-order valence-electron chi connectivity index (χ3n) is 3.13. The number of amides is 1. The van der Waals surface area contributed by atoms with Gasteiger partial charge in [0.2, 0.25) is 5.91 Å². The van der Waals surface area contributed by atoms with Gasteiger partial charge in [-0.2, -0.15) is 5.10 Å². The van der Waals surface area contributed by atoms with Crippen LogP contribution in [-0.4, -0.2) is 27.7 Å². The minimum Gasteiger partial charge on any atom is -0.496 e. The first-order valence-electron chi connectivity index (χ1n) is 6.72. The monoisotopic (exact) mass is 430 g/mol. The summed E-state index contributed by atoms with van der Waals surface area (Å²) in [5.74, 6) is 0.0396. The van der Waals surface area contributed by atoms with E-state index in [9.17, 15) is 14.9 Å². The standard InChI is InChI=1S/C14H15IN4O4/c1-9-11(15)8-18(17-9)6-5-14(20)16-12-4-3-10(23-2)7-13(12)19(21)22/h3-4,7-8H,5-6H2,1-2H3,(H,16,20). The van der Waals surface area contributed by atoms with E-state index in [1.165, 1.54) is 19.2 Å². The lowest BCUT2D eigenvalue weighted by Crippen LogP contribution is -2.15. The molecule has 1 heterocycles. The molecule has 122 valence electrons. The molecule has 0 unspecified atom stereocenters. The van der Waals surface area contributed by atoms with Crippen LogP contribution in [0.25, 0.3) is 0 Å². The Bertz CT molecular complexity index is 725. The van der Waals surface area contributed by atoms with Crippen molar-refractivity contribution in [2.45, 2.75) is 19.9 Å². The second-order valence-electron chi connectivity index (χ2n) is 4.76. The van der Waals surface area contributed by atoms with E-state index < -0.39 is 4.92 Å². The van der Waals surface area contributed by atoms with Crippen molar-refractivity contribution in [2.75, 3.05) is 12.4 Å². The van der Waals surface area contributed by atoms with E-state index in [-0.39, 0.29) is 23.7 Å². The number of hydrogen-bond donors (Lipinski definition) is 1. The molecule has 0 fully saturated rings. The minimum absolute atomic E-state index is 0.145. The lowest BCUT2D eigenvalue weighted by atomic mass is 10.2. The molecule has 2 rings (SSSR count). The van der Waals surface area contributed by atoms with Gasteiger partial charge in [-0.25, -0.2) is 0 Å². The fourth-order valence-corrected chi connectivity index (χ4v) is 2.36. The van der Waals surface area contributed by atoms with Crippen LogP contribution in [0, 0.1) is 20.6 Å². The van der Waals surface area contributed by atoms with Gasteiger partial charge < -0.3 is 10.1 Å². The summed E-state index contributed by atoms with van der Waals surface area (Å²) >= 11 is 2.17. The minimum atomic E-state index is -0.558. The number of aryl methyl sites for hydroxylation is 2. The average molecular weight is 430 g/mol. The van der Waals surface area contributed by atoms with Crippen LogP contribution < -0.4 is 10.1 Å². The van der Waals surface area contributed by atoms with E-state index in [4.69, 9.17) is 4.74 Å². The fourth-order valence-electron chi connectivity index (χ4n) is 1.93. The third kappa shape index (κ3) is 4.41. The van der Waals surface area contributed by atoms with Crippen molar-refractivity contribution in [2.24, 2.45) is 0 Å². The molecule has 23 heavy (non-hydrogen) atoms. The van der Waals surface area contributed by atoms with E-state index in [0.29, 0.717) is 12.3 Å². The van der Waals surface area contributed by atoms with Crippen LogP contribution in [0.4, 0.5) is 11.4 Å². The number of aromatic nitrogens is 2. The van der Waals surface area contributed by atoms with Crippen LogP contribution in [0.2, 0.25) is 0 Å². The summed E-state index contributed by atoms with van der Waals surface area (Å²) in [5, 5.41) is 17.9. The molecule has 0 bridgehead atoms. The number of nitrogens with zero attached hydrogens (tertiary/aromatic N) is 3. The number of nitrogens with one attached hydrogen (secondary N) is 1. The molecule has 0 aliphatic rings. The van der Waals surface area contributed by atoms with Crippen molar-refractivity contribution in [1.29, 1.82) is 0 Å². The molecule has 0 saturated carbocycles. The van der Waals surface area contributed by atoms with Gasteiger partial charge in [-0.05, 0) is 41.6 Å². The Kier molecular flexibility index (Phi) is 5.53. The molecule has 0 radical (unpaired) electrons. The van der Waals surface area contributed by atoms with Crippen LogP contribution in [0.3, 0.4) is 0 Å². The Labute approximate surface area is 146 Å². The summed E-state index contributed by atoms with van der Waals surface area (Å²) in [5.41, 5.74) is 0.839. The van der Waals surface area contributed by atoms with E-state index in [2.05, 4.69) is 33.0 Å². The number of rotatable bonds is 6. The van der Waals surface area contributed by atoms with Crippen LogP contribution in [0.15, 0.2) is 24.4 Å². The molecular formula is C14H15IN4O4. The van der Waals surface area contributed by atoms with Crippen molar-refractivity contribution in [3.63, 3.8) is 0 Å². The number of anilines is 1. The van der Waals surface area contributed by atoms with Crippen molar-refractivity contribution >= 4 is 39.9 Å². The zero-order valence-corrected chi connectivity index (χ0v) is 14.7. The van der Waals surface area contributed by atoms with E-state index >= 15 is 0 Å². The van der Waals surface area contributed by atoms with Gasteiger partial charge in [0, 0.05) is 19.2 Å². The second-order valence-corrected chi connectivity index (χ2v) is 5.93.